The Balaban J connectivity index is 1.38. The average Bonchev–Trinajstić information content (AvgIpc) is 3.11. The second kappa shape index (κ2) is 10.1. The number of aliphatic hydroxyl groups is 1. The van der Waals surface area contributed by atoms with Crippen molar-refractivity contribution in [3.05, 3.63) is 65.7 Å². The zero-order chi connectivity index (χ0) is 22.4. The summed E-state index contributed by atoms with van der Waals surface area (Å²) < 4.78 is 5.51. The quantitative estimate of drug-likeness (QED) is 0.525. The zero-order valence-corrected chi connectivity index (χ0v) is 18.3. The highest BCUT2D eigenvalue weighted by Crippen LogP contribution is 2.35. The van der Waals surface area contributed by atoms with Gasteiger partial charge >= 0.3 is 6.03 Å². The van der Waals surface area contributed by atoms with E-state index in [0.29, 0.717) is 6.42 Å². The van der Waals surface area contributed by atoms with E-state index in [1.54, 1.807) is 0 Å². The smallest absolute Gasteiger partial charge is 0.322 e. The molecular formula is C25H31N3O4. The lowest BCUT2D eigenvalue weighted by atomic mass is 9.74. The van der Waals surface area contributed by atoms with Gasteiger partial charge < -0.3 is 15.2 Å². The number of rotatable bonds is 9. The van der Waals surface area contributed by atoms with E-state index < -0.39 is 5.54 Å². The van der Waals surface area contributed by atoms with Crippen LogP contribution in [0.25, 0.3) is 0 Å². The number of hydrogen-bond donors (Lipinski definition) is 3. The highest BCUT2D eigenvalue weighted by atomic mass is 16.5. The maximum absolute atomic E-state index is 12.9. The molecule has 0 radical (unpaired) electrons. The van der Waals surface area contributed by atoms with Crippen LogP contribution in [0.4, 0.5) is 4.79 Å². The number of ether oxygens (including phenoxy) is 1. The van der Waals surface area contributed by atoms with Crippen LogP contribution < -0.4 is 15.4 Å². The van der Waals surface area contributed by atoms with Crippen molar-refractivity contribution in [3.63, 3.8) is 0 Å². The molecule has 7 nitrogen and oxygen atoms in total. The molecule has 2 heterocycles. The van der Waals surface area contributed by atoms with Gasteiger partial charge in [-0.3, -0.25) is 15.0 Å². The number of piperidine rings is 1. The summed E-state index contributed by atoms with van der Waals surface area (Å²) in [6, 6.07) is 17.6. The van der Waals surface area contributed by atoms with Crippen molar-refractivity contribution in [2.24, 2.45) is 5.92 Å². The van der Waals surface area contributed by atoms with Gasteiger partial charge in [-0.1, -0.05) is 42.5 Å². The molecule has 2 aromatic carbocycles. The summed E-state index contributed by atoms with van der Waals surface area (Å²) in [6.07, 6.45) is 3.05. The van der Waals surface area contributed by atoms with Gasteiger partial charge in [-0.15, -0.1) is 0 Å². The molecule has 0 spiro atoms. The van der Waals surface area contributed by atoms with Gasteiger partial charge in [0.2, 0.25) is 0 Å². The number of benzene rings is 2. The van der Waals surface area contributed by atoms with E-state index in [1.165, 1.54) is 5.56 Å². The Kier molecular flexibility index (Phi) is 7.07. The monoisotopic (exact) mass is 437 g/mol. The summed E-state index contributed by atoms with van der Waals surface area (Å²) in [5.41, 5.74) is 1.49. The molecule has 0 bridgehead atoms. The number of carbonyl (C=O) groups is 2. The van der Waals surface area contributed by atoms with E-state index in [-0.39, 0.29) is 31.1 Å². The number of urea groups is 1. The van der Waals surface area contributed by atoms with Crippen LogP contribution in [0, 0.1) is 5.92 Å². The van der Waals surface area contributed by atoms with Crippen LogP contribution >= 0.6 is 0 Å². The average molecular weight is 438 g/mol. The van der Waals surface area contributed by atoms with Crippen molar-refractivity contribution in [1.29, 1.82) is 0 Å². The molecule has 4 rings (SSSR count). The minimum atomic E-state index is -0.836. The molecule has 2 fully saturated rings. The van der Waals surface area contributed by atoms with Gasteiger partial charge in [-0.25, -0.2) is 4.79 Å². The largest absolute Gasteiger partial charge is 0.491 e. The first-order chi connectivity index (χ1) is 15.6. The molecule has 3 amide bonds. The molecule has 0 aliphatic carbocycles. The lowest BCUT2D eigenvalue weighted by molar-refractivity contribution is -0.127. The maximum Gasteiger partial charge on any atom is 0.322 e. The van der Waals surface area contributed by atoms with Crippen LogP contribution in [-0.2, 0) is 17.8 Å². The lowest BCUT2D eigenvalue weighted by Crippen LogP contribution is -2.56. The first-order valence-corrected chi connectivity index (χ1v) is 11.3. The Morgan fingerprint density at radius 1 is 1.03 bits per heavy atom. The van der Waals surface area contributed by atoms with E-state index in [4.69, 9.17) is 9.84 Å². The number of hydrogen-bond acceptors (Lipinski definition) is 5. The molecule has 7 heteroatoms. The van der Waals surface area contributed by atoms with Crippen LogP contribution in [0.15, 0.2) is 54.6 Å². The first-order valence-electron chi connectivity index (χ1n) is 11.3. The molecule has 170 valence electrons. The molecule has 2 aliphatic heterocycles. The van der Waals surface area contributed by atoms with Crippen LogP contribution in [0.3, 0.4) is 0 Å². The van der Waals surface area contributed by atoms with Gasteiger partial charge in [0.25, 0.3) is 5.91 Å². The van der Waals surface area contributed by atoms with Gasteiger partial charge in [0.15, 0.2) is 0 Å². The van der Waals surface area contributed by atoms with Gasteiger partial charge in [0, 0.05) is 6.54 Å². The number of carbonyl (C=O) groups excluding carboxylic acids is 2. The fourth-order valence-corrected chi connectivity index (χ4v) is 4.90. The van der Waals surface area contributed by atoms with Crippen molar-refractivity contribution < 1.29 is 19.4 Å². The Labute approximate surface area is 188 Å². The van der Waals surface area contributed by atoms with Crippen LogP contribution in [0.1, 0.15) is 30.4 Å². The number of nitrogens with one attached hydrogen (secondary N) is 2. The first kappa shape index (κ1) is 22.3. The summed E-state index contributed by atoms with van der Waals surface area (Å²) in [4.78, 5) is 27.3. The molecule has 2 aliphatic rings. The number of amides is 3. The number of likely N-dealkylation sites (tertiary alicyclic amines) is 1. The summed E-state index contributed by atoms with van der Waals surface area (Å²) >= 11 is 0. The zero-order valence-electron chi connectivity index (χ0n) is 18.3. The van der Waals surface area contributed by atoms with E-state index in [0.717, 1.165) is 50.2 Å². The molecule has 0 saturated carbocycles. The fourth-order valence-electron chi connectivity index (χ4n) is 4.90. The molecule has 2 aromatic rings. The molecule has 2 saturated heterocycles. The Bertz CT molecular complexity index is 928. The minimum Gasteiger partial charge on any atom is -0.491 e. The second-order valence-electron chi connectivity index (χ2n) is 8.64. The van der Waals surface area contributed by atoms with Crippen LogP contribution in [-0.4, -0.2) is 53.8 Å². The van der Waals surface area contributed by atoms with E-state index in [1.807, 2.05) is 36.4 Å². The third-order valence-corrected chi connectivity index (χ3v) is 6.57. The number of aryl methyl sites for hydroxylation is 1. The Hall–Kier alpha value is -2.90. The molecular weight excluding hydrogens is 406 g/mol. The van der Waals surface area contributed by atoms with Crippen molar-refractivity contribution in [1.82, 2.24) is 15.5 Å². The van der Waals surface area contributed by atoms with Gasteiger partial charge in [-0.2, -0.15) is 0 Å². The third-order valence-electron chi connectivity index (χ3n) is 6.57. The predicted molar refractivity (Wildman–Crippen MR) is 121 cm³/mol. The summed E-state index contributed by atoms with van der Waals surface area (Å²) in [7, 11) is 0. The SMILES string of the molecule is O=C1NC(=O)[C@@](CCc2ccccc2)(C2CCN(Cc3cccc(OCCO)c3)CC2)N1. The normalized spacial score (nSPS) is 21.9. The summed E-state index contributed by atoms with van der Waals surface area (Å²) in [5.74, 6) is 0.676. The van der Waals surface area contributed by atoms with Gasteiger partial charge in [-0.05, 0) is 68.0 Å². The Morgan fingerprint density at radius 3 is 2.47 bits per heavy atom. The van der Waals surface area contributed by atoms with Gasteiger partial charge in [0.05, 0.1) is 6.61 Å². The fraction of sp³-hybridized carbons (Fsp3) is 0.440. The van der Waals surface area contributed by atoms with Crippen molar-refractivity contribution >= 4 is 11.9 Å². The molecule has 3 N–H and O–H groups in total. The van der Waals surface area contributed by atoms with Crippen molar-refractivity contribution in [2.75, 3.05) is 26.3 Å². The molecule has 0 unspecified atom stereocenters. The number of imide groups is 1. The minimum absolute atomic E-state index is 0.00607. The van der Waals surface area contributed by atoms with Crippen molar-refractivity contribution in [2.45, 2.75) is 37.8 Å². The standard InChI is InChI=1S/C25H31N3O4/c29-15-16-32-22-8-4-7-20(17-22)18-28-13-10-21(11-14-28)25(23(30)26-24(31)27-25)12-9-19-5-2-1-3-6-19/h1-8,17,21,29H,9-16,18H2,(H2,26,27,30,31)/t25-/m1/s1. The third kappa shape index (κ3) is 5.11. The van der Waals surface area contributed by atoms with E-state index in [2.05, 4.69) is 33.7 Å². The highest BCUT2D eigenvalue weighted by Gasteiger charge is 2.51. The maximum atomic E-state index is 12.9. The second-order valence-corrected chi connectivity index (χ2v) is 8.64. The van der Waals surface area contributed by atoms with E-state index in [9.17, 15) is 9.59 Å². The van der Waals surface area contributed by atoms with Crippen molar-refractivity contribution in [3.8, 4) is 5.75 Å². The number of aliphatic hydroxyl groups excluding tert-OH is 1. The van der Waals surface area contributed by atoms with Crippen LogP contribution in [0.5, 0.6) is 5.75 Å². The Morgan fingerprint density at radius 2 is 1.78 bits per heavy atom. The summed E-state index contributed by atoms with van der Waals surface area (Å²) in [5, 5.41) is 14.4. The van der Waals surface area contributed by atoms with E-state index >= 15 is 0 Å². The highest BCUT2D eigenvalue weighted by molar-refractivity contribution is 6.07. The lowest BCUT2D eigenvalue weighted by Gasteiger charge is -2.40. The molecule has 32 heavy (non-hydrogen) atoms. The predicted octanol–water partition coefficient (Wildman–Crippen LogP) is 2.48. The summed E-state index contributed by atoms with van der Waals surface area (Å²) in [6.45, 7) is 2.81. The molecule has 1 atom stereocenters. The molecule has 0 aromatic heterocycles. The van der Waals surface area contributed by atoms with Gasteiger partial charge in [0.1, 0.15) is 17.9 Å². The number of nitrogens with zero attached hydrogens (tertiary/aromatic N) is 1. The van der Waals surface area contributed by atoms with Crippen LogP contribution in [0.2, 0.25) is 0 Å². The topological polar surface area (TPSA) is 90.9 Å².